The summed E-state index contributed by atoms with van der Waals surface area (Å²) in [5.41, 5.74) is 0.113. The van der Waals surface area contributed by atoms with Gasteiger partial charge in [0.05, 0.1) is 18.3 Å². The van der Waals surface area contributed by atoms with Crippen molar-refractivity contribution in [3.05, 3.63) is 36.4 Å². The molecule has 0 aromatic carbocycles. The number of rotatable bonds is 7. The Labute approximate surface area is 121 Å². The van der Waals surface area contributed by atoms with E-state index in [0.717, 1.165) is 0 Å². The number of carboxylic acids is 1. The quantitative estimate of drug-likeness (QED) is 0.767. The van der Waals surface area contributed by atoms with Crippen molar-refractivity contribution in [3.8, 4) is 0 Å². The molecule has 8 nitrogen and oxygen atoms in total. The predicted molar refractivity (Wildman–Crippen MR) is 73.6 cm³/mol. The molecule has 1 unspecified atom stereocenters. The summed E-state index contributed by atoms with van der Waals surface area (Å²) >= 11 is 0. The average molecular weight is 291 g/mol. The standard InChI is InChI=1S/C13H17N5O3/c1-10(8-17-5-2-4-14-17)16-12(19)3-6-18-9-11(7-15-18)13(20)21/h2,4-5,7,9-10H,3,6,8H2,1H3,(H,16,19)(H,20,21). The van der Waals surface area contributed by atoms with Crippen LogP contribution in [0.2, 0.25) is 0 Å². The molecule has 0 aliphatic rings. The highest BCUT2D eigenvalue weighted by molar-refractivity contribution is 5.86. The van der Waals surface area contributed by atoms with E-state index in [2.05, 4.69) is 15.5 Å². The van der Waals surface area contributed by atoms with E-state index >= 15 is 0 Å². The molecule has 2 N–H and O–H groups in total. The first-order chi connectivity index (χ1) is 10.0. The number of carbonyl (C=O) groups is 2. The number of hydrogen-bond donors (Lipinski definition) is 2. The van der Waals surface area contributed by atoms with Crippen molar-refractivity contribution in [2.75, 3.05) is 0 Å². The zero-order chi connectivity index (χ0) is 15.2. The molecule has 0 aliphatic carbocycles. The summed E-state index contributed by atoms with van der Waals surface area (Å²) in [5, 5.41) is 19.6. The molecule has 0 aliphatic heterocycles. The molecule has 0 bridgehead atoms. The van der Waals surface area contributed by atoms with Gasteiger partial charge in [-0.2, -0.15) is 10.2 Å². The number of aromatic nitrogens is 4. The van der Waals surface area contributed by atoms with E-state index in [0.29, 0.717) is 13.1 Å². The van der Waals surface area contributed by atoms with Crippen molar-refractivity contribution >= 4 is 11.9 Å². The second kappa shape index (κ2) is 6.69. The third-order valence-corrected chi connectivity index (χ3v) is 2.88. The summed E-state index contributed by atoms with van der Waals surface area (Å²) in [5.74, 6) is -1.14. The summed E-state index contributed by atoms with van der Waals surface area (Å²) in [4.78, 5) is 22.5. The molecule has 112 valence electrons. The zero-order valence-electron chi connectivity index (χ0n) is 11.6. The van der Waals surface area contributed by atoms with Gasteiger partial charge in [0.2, 0.25) is 5.91 Å². The fourth-order valence-electron chi connectivity index (χ4n) is 1.89. The Bertz CT molecular complexity index is 605. The van der Waals surface area contributed by atoms with Crippen LogP contribution in [0.15, 0.2) is 30.9 Å². The molecule has 0 spiro atoms. The van der Waals surface area contributed by atoms with Crippen molar-refractivity contribution in [2.45, 2.75) is 32.5 Å². The lowest BCUT2D eigenvalue weighted by molar-refractivity contribution is -0.122. The number of amides is 1. The van der Waals surface area contributed by atoms with E-state index in [1.54, 1.807) is 10.9 Å². The number of hydrogen-bond acceptors (Lipinski definition) is 4. The number of nitrogens with one attached hydrogen (secondary N) is 1. The Morgan fingerprint density at radius 2 is 2.19 bits per heavy atom. The number of nitrogens with zero attached hydrogens (tertiary/aromatic N) is 4. The van der Waals surface area contributed by atoms with Crippen molar-refractivity contribution in [2.24, 2.45) is 0 Å². The molecule has 0 radical (unpaired) electrons. The second-order valence-electron chi connectivity index (χ2n) is 4.74. The van der Waals surface area contributed by atoms with Crippen LogP contribution < -0.4 is 5.32 Å². The van der Waals surface area contributed by atoms with Crippen LogP contribution in [-0.2, 0) is 17.9 Å². The zero-order valence-corrected chi connectivity index (χ0v) is 11.6. The summed E-state index contributed by atoms with van der Waals surface area (Å²) in [6.45, 7) is 2.84. The van der Waals surface area contributed by atoms with Crippen LogP contribution in [0.4, 0.5) is 0 Å². The summed E-state index contributed by atoms with van der Waals surface area (Å²) in [6, 6.07) is 1.79. The Morgan fingerprint density at radius 1 is 1.38 bits per heavy atom. The largest absolute Gasteiger partial charge is 0.478 e. The summed E-state index contributed by atoms with van der Waals surface area (Å²) in [7, 11) is 0. The Balaban J connectivity index is 1.75. The molecule has 8 heteroatoms. The lowest BCUT2D eigenvalue weighted by Gasteiger charge is -2.13. The third-order valence-electron chi connectivity index (χ3n) is 2.88. The molecule has 2 heterocycles. The van der Waals surface area contributed by atoms with Gasteiger partial charge in [-0.25, -0.2) is 4.79 Å². The fourth-order valence-corrected chi connectivity index (χ4v) is 1.89. The molecule has 1 atom stereocenters. The number of aromatic carboxylic acids is 1. The SMILES string of the molecule is CC(Cn1cccn1)NC(=O)CCn1cc(C(=O)O)cn1. The van der Waals surface area contributed by atoms with E-state index in [9.17, 15) is 9.59 Å². The minimum atomic E-state index is -1.03. The average Bonchev–Trinajstić information content (AvgIpc) is 3.06. The van der Waals surface area contributed by atoms with Crippen LogP contribution in [-0.4, -0.2) is 42.6 Å². The minimum Gasteiger partial charge on any atom is -0.478 e. The van der Waals surface area contributed by atoms with Gasteiger partial charge in [-0.3, -0.25) is 14.2 Å². The molecule has 0 fully saturated rings. The van der Waals surface area contributed by atoms with Gasteiger partial charge in [0.15, 0.2) is 0 Å². The summed E-state index contributed by atoms with van der Waals surface area (Å²) < 4.78 is 3.19. The van der Waals surface area contributed by atoms with Gasteiger partial charge in [-0.1, -0.05) is 0 Å². The summed E-state index contributed by atoms with van der Waals surface area (Å²) in [6.07, 6.45) is 6.43. The van der Waals surface area contributed by atoms with Gasteiger partial charge in [-0.15, -0.1) is 0 Å². The van der Waals surface area contributed by atoms with Crippen LogP contribution >= 0.6 is 0 Å². The lowest BCUT2D eigenvalue weighted by Crippen LogP contribution is -2.36. The van der Waals surface area contributed by atoms with E-state index in [1.807, 2.05) is 19.2 Å². The Hall–Kier alpha value is -2.64. The van der Waals surface area contributed by atoms with Gasteiger partial charge in [0.25, 0.3) is 0 Å². The van der Waals surface area contributed by atoms with Crippen molar-refractivity contribution < 1.29 is 14.7 Å². The molecule has 2 aromatic heterocycles. The number of aryl methyl sites for hydroxylation is 1. The first-order valence-corrected chi connectivity index (χ1v) is 6.57. The lowest BCUT2D eigenvalue weighted by atomic mass is 10.3. The highest BCUT2D eigenvalue weighted by atomic mass is 16.4. The second-order valence-corrected chi connectivity index (χ2v) is 4.74. The highest BCUT2D eigenvalue weighted by Crippen LogP contribution is 1.99. The number of carbonyl (C=O) groups excluding carboxylic acids is 1. The van der Waals surface area contributed by atoms with Crippen LogP contribution in [0.25, 0.3) is 0 Å². The first kappa shape index (κ1) is 14.8. The van der Waals surface area contributed by atoms with Crippen LogP contribution in [0, 0.1) is 0 Å². The van der Waals surface area contributed by atoms with Gasteiger partial charge in [0, 0.05) is 37.6 Å². The maximum Gasteiger partial charge on any atom is 0.338 e. The van der Waals surface area contributed by atoms with Gasteiger partial charge >= 0.3 is 5.97 Å². The van der Waals surface area contributed by atoms with Crippen molar-refractivity contribution in [1.82, 2.24) is 24.9 Å². The van der Waals surface area contributed by atoms with Crippen LogP contribution in [0.1, 0.15) is 23.7 Å². The maximum atomic E-state index is 11.8. The third kappa shape index (κ3) is 4.44. The van der Waals surface area contributed by atoms with Crippen LogP contribution in [0.5, 0.6) is 0 Å². The molecule has 1 amide bonds. The van der Waals surface area contributed by atoms with Crippen molar-refractivity contribution in [1.29, 1.82) is 0 Å². The van der Waals surface area contributed by atoms with E-state index in [1.165, 1.54) is 17.1 Å². The topological polar surface area (TPSA) is 102 Å². The molecular weight excluding hydrogens is 274 g/mol. The maximum absolute atomic E-state index is 11.8. The van der Waals surface area contributed by atoms with Crippen molar-refractivity contribution in [3.63, 3.8) is 0 Å². The smallest absolute Gasteiger partial charge is 0.338 e. The Kier molecular flexibility index (Phi) is 4.70. The van der Waals surface area contributed by atoms with Crippen LogP contribution in [0.3, 0.4) is 0 Å². The fraction of sp³-hybridized carbons (Fsp3) is 0.385. The predicted octanol–water partition coefficient (Wildman–Crippen LogP) is 0.373. The van der Waals surface area contributed by atoms with E-state index in [4.69, 9.17) is 5.11 Å². The Morgan fingerprint density at radius 3 is 2.81 bits per heavy atom. The molecular formula is C13H17N5O3. The first-order valence-electron chi connectivity index (χ1n) is 6.57. The molecule has 0 saturated heterocycles. The molecule has 2 aromatic rings. The van der Waals surface area contributed by atoms with Gasteiger partial charge in [0.1, 0.15) is 0 Å². The molecule has 2 rings (SSSR count). The number of carboxylic acid groups (broad SMARTS) is 1. The molecule has 21 heavy (non-hydrogen) atoms. The minimum absolute atomic E-state index is 0.0374. The highest BCUT2D eigenvalue weighted by Gasteiger charge is 2.10. The monoisotopic (exact) mass is 291 g/mol. The molecule has 0 saturated carbocycles. The normalized spacial score (nSPS) is 12.0. The van der Waals surface area contributed by atoms with E-state index in [-0.39, 0.29) is 23.9 Å². The van der Waals surface area contributed by atoms with Gasteiger partial charge < -0.3 is 10.4 Å². The van der Waals surface area contributed by atoms with E-state index < -0.39 is 5.97 Å². The van der Waals surface area contributed by atoms with Gasteiger partial charge in [-0.05, 0) is 13.0 Å².